The van der Waals surface area contributed by atoms with Crippen molar-refractivity contribution in [2.24, 2.45) is 22.7 Å². The Bertz CT molecular complexity index is 365. The average Bonchev–Trinajstić information content (AvgIpc) is 2.38. The van der Waals surface area contributed by atoms with Crippen molar-refractivity contribution in [3.63, 3.8) is 0 Å². The maximum absolute atomic E-state index is 11.9. The predicted octanol–water partition coefficient (Wildman–Crippen LogP) is 2.74. The monoisotopic (exact) mass is 281 g/mol. The summed E-state index contributed by atoms with van der Waals surface area (Å²) in [6, 6.07) is 0. The first-order valence-corrected chi connectivity index (χ1v) is 7.56. The third-order valence-corrected chi connectivity index (χ3v) is 4.09. The number of amides is 1. The van der Waals surface area contributed by atoms with E-state index in [9.17, 15) is 4.79 Å². The molecule has 3 N–H and O–H groups in total. The molecule has 0 saturated heterocycles. The van der Waals surface area contributed by atoms with Crippen LogP contribution in [0.2, 0.25) is 0 Å². The number of nitrogens with zero attached hydrogens (tertiary/aromatic N) is 3. The molecule has 0 aromatic carbocycles. The number of azide groups is 1. The molecule has 1 amide bonds. The van der Waals surface area contributed by atoms with Crippen molar-refractivity contribution in [3.8, 4) is 0 Å². The lowest BCUT2D eigenvalue weighted by molar-refractivity contribution is -0.126. The Kier molecular flexibility index (Phi) is 6.82. The van der Waals surface area contributed by atoms with Crippen LogP contribution < -0.4 is 11.1 Å². The molecule has 6 nitrogen and oxygen atoms in total. The molecule has 0 aliphatic heterocycles. The van der Waals surface area contributed by atoms with Crippen LogP contribution in [-0.2, 0) is 4.79 Å². The molecule has 6 heteroatoms. The lowest BCUT2D eigenvalue weighted by atomic mass is 9.72. The van der Waals surface area contributed by atoms with E-state index in [1.54, 1.807) is 0 Å². The normalized spacial score (nSPS) is 26.2. The zero-order valence-electron chi connectivity index (χ0n) is 12.6. The molecule has 1 aliphatic rings. The van der Waals surface area contributed by atoms with Crippen LogP contribution in [0.1, 0.15) is 52.4 Å². The van der Waals surface area contributed by atoms with Crippen molar-refractivity contribution in [1.82, 2.24) is 5.32 Å². The minimum atomic E-state index is -0.561. The lowest BCUT2D eigenvalue weighted by Crippen LogP contribution is -2.58. The molecule has 2 atom stereocenters. The smallest absolute Gasteiger partial charge is 0.237 e. The molecule has 0 radical (unpaired) electrons. The Hall–Kier alpha value is -1.26. The average molecular weight is 281 g/mol. The number of primary amides is 1. The van der Waals surface area contributed by atoms with Crippen LogP contribution in [0, 0.1) is 11.8 Å². The van der Waals surface area contributed by atoms with Gasteiger partial charge in [0.2, 0.25) is 5.91 Å². The molecular formula is C14H27N5O. The summed E-state index contributed by atoms with van der Waals surface area (Å²) in [5, 5.41) is 6.84. The Morgan fingerprint density at radius 2 is 2.35 bits per heavy atom. The summed E-state index contributed by atoms with van der Waals surface area (Å²) in [4.78, 5) is 14.6. The summed E-state index contributed by atoms with van der Waals surface area (Å²) >= 11 is 0. The van der Waals surface area contributed by atoms with Crippen LogP contribution in [-0.4, -0.2) is 24.5 Å². The van der Waals surface area contributed by atoms with E-state index in [0.717, 1.165) is 32.1 Å². The Labute approximate surface area is 121 Å². The van der Waals surface area contributed by atoms with Gasteiger partial charge in [0.1, 0.15) is 0 Å². The van der Waals surface area contributed by atoms with Gasteiger partial charge in [-0.1, -0.05) is 31.8 Å². The zero-order valence-corrected chi connectivity index (χ0v) is 12.6. The fourth-order valence-corrected chi connectivity index (χ4v) is 3.25. The number of nitrogens with two attached hydrogens (primary N) is 1. The van der Waals surface area contributed by atoms with Gasteiger partial charge >= 0.3 is 0 Å². The quantitative estimate of drug-likeness (QED) is 0.309. The van der Waals surface area contributed by atoms with Crippen LogP contribution in [0.3, 0.4) is 0 Å². The molecule has 0 spiro atoms. The molecule has 2 unspecified atom stereocenters. The Morgan fingerprint density at radius 3 is 2.95 bits per heavy atom. The number of nitrogens with one attached hydrogen (secondary N) is 1. The summed E-state index contributed by atoms with van der Waals surface area (Å²) in [5.41, 5.74) is 13.3. The van der Waals surface area contributed by atoms with E-state index in [4.69, 9.17) is 11.3 Å². The number of carbonyl (C=O) groups is 1. The second-order valence-corrected chi connectivity index (χ2v) is 6.27. The van der Waals surface area contributed by atoms with E-state index < -0.39 is 5.54 Å². The molecule has 1 saturated carbocycles. The second-order valence-electron chi connectivity index (χ2n) is 6.27. The number of rotatable bonds is 8. The Balaban J connectivity index is 2.56. The minimum absolute atomic E-state index is 0.241. The molecule has 0 aromatic heterocycles. The lowest BCUT2D eigenvalue weighted by Gasteiger charge is -2.40. The molecule has 1 rings (SSSR count). The van der Waals surface area contributed by atoms with Crippen molar-refractivity contribution in [2.45, 2.75) is 57.9 Å². The molecule has 0 aromatic rings. The number of hydrogen-bond acceptors (Lipinski definition) is 3. The number of carbonyl (C=O) groups excluding carboxylic acids is 1. The van der Waals surface area contributed by atoms with Gasteiger partial charge in [-0.3, -0.25) is 4.79 Å². The summed E-state index contributed by atoms with van der Waals surface area (Å²) in [6.07, 6.45) is 5.77. The topological polar surface area (TPSA) is 104 Å². The van der Waals surface area contributed by atoms with E-state index in [0.29, 0.717) is 24.9 Å². The van der Waals surface area contributed by atoms with Gasteiger partial charge in [0.05, 0.1) is 5.54 Å². The first-order valence-electron chi connectivity index (χ1n) is 7.56. The van der Waals surface area contributed by atoms with Gasteiger partial charge in [-0.2, -0.15) is 0 Å². The number of hydrogen-bond donors (Lipinski definition) is 2. The molecule has 0 bridgehead atoms. The van der Waals surface area contributed by atoms with Gasteiger partial charge in [0.25, 0.3) is 0 Å². The van der Waals surface area contributed by atoms with Gasteiger partial charge in [-0.15, -0.1) is 0 Å². The predicted molar refractivity (Wildman–Crippen MR) is 80.0 cm³/mol. The highest BCUT2D eigenvalue weighted by Crippen LogP contribution is 2.35. The molecule has 1 aliphatic carbocycles. The van der Waals surface area contributed by atoms with E-state index >= 15 is 0 Å². The van der Waals surface area contributed by atoms with Gasteiger partial charge in [-0.05, 0) is 49.6 Å². The van der Waals surface area contributed by atoms with E-state index in [1.165, 1.54) is 6.42 Å². The maximum atomic E-state index is 11.9. The van der Waals surface area contributed by atoms with E-state index in [2.05, 4.69) is 29.2 Å². The highest BCUT2D eigenvalue weighted by atomic mass is 16.1. The molecule has 20 heavy (non-hydrogen) atoms. The zero-order chi connectivity index (χ0) is 15.0. The largest absolute Gasteiger partial charge is 0.368 e. The van der Waals surface area contributed by atoms with Gasteiger partial charge in [-0.25, -0.2) is 0 Å². The maximum Gasteiger partial charge on any atom is 0.237 e. The van der Waals surface area contributed by atoms with Crippen molar-refractivity contribution in [2.75, 3.05) is 13.1 Å². The Morgan fingerprint density at radius 1 is 1.60 bits per heavy atom. The summed E-state index contributed by atoms with van der Waals surface area (Å²) in [7, 11) is 0. The van der Waals surface area contributed by atoms with Crippen LogP contribution in [0.5, 0.6) is 0 Å². The van der Waals surface area contributed by atoms with Gasteiger partial charge in [0.15, 0.2) is 0 Å². The summed E-state index contributed by atoms with van der Waals surface area (Å²) < 4.78 is 0. The molecule has 1 fully saturated rings. The first-order chi connectivity index (χ1) is 9.50. The van der Waals surface area contributed by atoms with E-state index in [1.807, 2.05) is 0 Å². The minimum Gasteiger partial charge on any atom is -0.368 e. The van der Waals surface area contributed by atoms with Crippen LogP contribution in [0.25, 0.3) is 10.4 Å². The summed E-state index contributed by atoms with van der Waals surface area (Å²) in [6.45, 7) is 5.55. The van der Waals surface area contributed by atoms with Crippen molar-refractivity contribution >= 4 is 5.91 Å². The van der Waals surface area contributed by atoms with Crippen molar-refractivity contribution in [1.29, 1.82) is 0 Å². The fourth-order valence-electron chi connectivity index (χ4n) is 3.25. The van der Waals surface area contributed by atoms with Crippen molar-refractivity contribution in [3.05, 3.63) is 10.4 Å². The van der Waals surface area contributed by atoms with E-state index in [-0.39, 0.29) is 5.91 Å². The highest BCUT2D eigenvalue weighted by molar-refractivity contribution is 5.84. The van der Waals surface area contributed by atoms with Gasteiger partial charge in [0, 0.05) is 11.5 Å². The van der Waals surface area contributed by atoms with Crippen LogP contribution in [0.4, 0.5) is 0 Å². The molecule has 0 heterocycles. The summed E-state index contributed by atoms with van der Waals surface area (Å²) in [5.74, 6) is 0.976. The standard InChI is InChI=1S/C14H27N5O/c1-11(2)9-12-5-3-6-14(10-12,13(15)20)17-7-4-8-18-19-16/h11-12,17H,3-10H2,1-2H3,(H2,15,20). The van der Waals surface area contributed by atoms with Crippen LogP contribution >= 0.6 is 0 Å². The molecular weight excluding hydrogens is 254 g/mol. The fraction of sp³-hybridized carbons (Fsp3) is 0.929. The highest BCUT2D eigenvalue weighted by Gasteiger charge is 2.40. The third kappa shape index (κ3) is 5.02. The molecule has 114 valence electrons. The first kappa shape index (κ1) is 16.8. The van der Waals surface area contributed by atoms with Crippen LogP contribution in [0.15, 0.2) is 5.11 Å². The third-order valence-electron chi connectivity index (χ3n) is 4.09. The SMILES string of the molecule is CC(C)CC1CCCC(NCCCN=[N+]=[N-])(C(N)=O)C1. The van der Waals surface area contributed by atoms with Gasteiger partial charge < -0.3 is 11.1 Å². The second kappa shape index (κ2) is 8.12. The van der Waals surface area contributed by atoms with Crippen molar-refractivity contribution < 1.29 is 4.79 Å².